The number of hydrogen-bond acceptors (Lipinski definition) is 6. The van der Waals surface area contributed by atoms with Crippen molar-refractivity contribution >= 4 is 40.7 Å². The SMILES string of the molecule is COc1cccc([C@H]2[C@H](C(=O)c3ccccc3)N3c4ccc(Cl)cc4C=C[C@H]3C23C(=O)c2ccccc2C3=O)c1OC. The van der Waals surface area contributed by atoms with Gasteiger partial charge >= 0.3 is 0 Å². The van der Waals surface area contributed by atoms with Crippen molar-refractivity contribution in [2.45, 2.75) is 18.0 Å². The third-order valence-corrected chi connectivity index (χ3v) is 9.10. The Morgan fingerprint density at radius 3 is 2.19 bits per heavy atom. The number of ketones is 3. The third-order valence-electron chi connectivity index (χ3n) is 8.86. The summed E-state index contributed by atoms with van der Waals surface area (Å²) in [4.78, 5) is 46.3. The first-order valence-corrected chi connectivity index (χ1v) is 14.1. The Kier molecular flexibility index (Phi) is 6.06. The van der Waals surface area contributed by atoms with Crippen molar-refractivity contribution in [3.05, 3.63) is 130 Å². The molecule has 6 nitrogen and oxygen atoms in total. The van der Waals surface area contributed by atoms with Crippen LogP contribution in [0.15, 0.2) is 97.1 Å². The van der Waals surface area contributed by atoms with Crippen molar-refractivity contribution in [1.82, 2.24) is 0 Å². The van der Waals surface area contributed by atoms with Crippen molar-refractivity contribution in [1.29, 1.82) is 0 Å². The van der Waals surface area contributed by atoms with Gasteiger partial charge in [-0.3, -0.25) is 14.4 Å². The van der Waals surface area contributed by atoms with Crippen LogP contribution in [0.5, 0.6) is 11.5 Å². The summed E-state index contributed by atoms with van der Waals surface area (Å²) < 4.78 is 11.5. The van der Waals surface area contributed by atoms with Crippen LogP contribution in [-0.2, 0) is 0 Å². The Morgan fingerprint density at radius 2 is 1.52 bits per heavy atom. The van der Waals surface area contributed by atoms with Crippen LogP contribution in [0.3, 0.4) is 0 Å². The van der Waals surface area contributed by atoms with E-state index in [0.717, 1.165) is 11.3 Å². The minimum atomic E-state index is -1.65. The van der Waals surface area contributed by atoms with Gasteiger partial charge in [0.25, 0.3) is 0 Å². The number of carbonyl (C=O) groups is 3. The Morgan fingerprint density at radius 1 is 0.833 bits per heavy atom. The van der Waals surface area contributed by atoms with Gasteiger partial charge in [-0.05, 0) is 29.8 Å². The van der Waals surface area contributed by atoms with Gasteiger partial charge in [0.2, 0.25) is 0 Å². The average molecular weight is 576 g/mol. The first-order valence-electron chi connectivity index (χ1n) is 13.7. The van der Waals surface area contributed by atoms with Crippen LogP contribution in [0, 0.1) is 5.41 Å². The molecule has 0 radical (unpaired) electrons. The molecule has 7 heteroatoms. The lowest BCUT2D eigenvalue weighted by Crippen LogP contribution is -2.48. The second-order valence-electron chi connectivity index (χ2n) is 10.7. The number of Topliss-reactive ketones (excluding diaryl/α,β-unsaturated/α-hetero) is 3. The van der Waals surface area contributed by atoms with Gasteiger partial charge < -0.3 is 14.4 Å². The minimum absolute atomic E-state index is 0.208. The zero-order valence-electron chi connectivity index (χ0n) is 22.9. The standard InChI is InChI=1S/C35H26ClNO5/c1-41-27-14-8-13-25(32(27)42-2)29-30(31(38)20-9-4-3-5-10-20)37-26-17-16-22(36)19-21(26)15-18-28(37)35(29)33(39)23-11-6-7-12-24(23)34(35)40/h3-19,28-30H,1-2H3/t28-,29-,30+/m0/s1. The number of fused-ring (bicyclic) bond motifs is 5. The number of benzene rings is 4. The lowest BCUT2D eigenvalue weighted by molar-refractivity contribution is 0.0664. The van der Waals surface area contributed by atoms with Gasteiger partial charge in [-0.2, -0.15) is 0 Å². The van der Waals surface area contributed by atoms with Crippen LogP contribution in [-0.4, -0.2) is 43.7 Å². The van der Waals surface area contributed by atoms with Gasteiger partial charge in [-0.25, -0.2) is 0 Å². The van der Waals surface area contributed by atoms with E-state index in [4.69, 9.17) is 21.1 Å². The molecule has 0 N–H and O–H groups in total. The van der Waals surface area contributed by atoms with Gasteiger partial charge in [0.15, 0.2) is 28.8 Å². The summed E-state index contributed by atoms with van der Waals surface area (Å²) >= 11 is 6.38. The maximum absolute atomic E-state index is 14.8. The number of carbonyl (C=O) groups excluding carboxylic acids is 3. The third kappa shape index (κ3) is 3.42. The van der Waals surface area contributed by atoms with Crippen LogP contribution in [0.25, 0.3) is 6.08 Å². The van der Waals surface area contributed by atoms with Gasteiger partial charge in [0.1, 0.15) is 11.5 Å². The summed E-state index contributed by atoms with van der Waals surface area (Å²) in [5.41, 5.74) is 1.63. The molecule has 0 unspecified atom stereocenters. The molecule has 0 amide bonds. The monoisotopic (exact) mass is 575 g/mol. The number of hydrogen-bond donors (Lipinski definition) is 0. The molecule has 3 atom stereocenters. The number of rotatable bonds is 5. The molecule has 0 saturated carbocycles. The number of ether oxygens (including phenoxy) is 2. The molecule has 1 spiro atoms. The molecule has 2 heterocycles. The van der Waals surface area contributed by atoms with Crippen LogP contribution in [0.4, 0.5) is 5.69 Å². The van der Waals surface area contributed by atoms with E-state index in [1.165, 1.54) is 14.2 Å². The summed E-state index contributed by atoms with van der Waals surface area (Å²) in [5, 5.41) is 0.545. The molecule has 1 fully saturated rings. The van der Waals surface area contributed by atoms with E-state index in [1.807, 2.05) is 53.5 Å². The normalized spacial score (nSPS) is 21.2. The number of nitrogens with zero attached hydrogens (tertiary/aromatic N) is 1. The zero-order chi connectivity index (χ0) is 29.2. The summed E-state index contributed by atoms with van der Waals surface area (Å²) in [6, 6.07) is 25.0. The van der Waals surface area contributed by atoms with Crippen LogP contribution in [0.2, 0.25) is 5.02 Å². The molecule has 0 aromatic heterocycles. The second kappa shape index (κ2) is 9.71. The second-order valence-corrected chi connectivity index (χ2v) is 11.2. The molecule has 2 aliphatic heterocycles. The highest BCUT2D eigenvalue weighted by atomic mass is 35.5. The van der Waals surface area contributed by atoms with Crippen molar-refractivity contribution in [2.24, 2.45) is 5.41 Å². The average Bonchev–Trinajstić information content (AvgIpc) is 3.46. The molecule has 7 rings (SSSR count). The summed E-state index contributed by atoms with van der Waals surface area (Å²) in [6.45, 7) is 0. The number of para-hydroxylation sites is 1. The fourth-order valence-corrected chi connectivity index (χ4v) is 7.40. The van der Waals surface area contributed by atoms with E-state index in [2.05, 4.69) is 0 Å². The lowest BCUT2D eigenvalue weighted by Gasteiger charge is -2.37. The first kappa shape index (κ1) is 26.2. The van der Waals surface area contributed by atoms with Gasteiger partial charge in [0.05, 0.1) is 20.3 Å². The molecule has 1 saturated heterocycles. The number of anilines is 1. The minimum Gasteiger partial charge on any atom is -0.493 e. The van der Waals surface area contributed by atoms with Gasteiger partial charge in [-0.1, -0.05) is 90.5 Å². The van der Waals surface area contributed by atoms with Crippen molar-refractivity contribution < 1.29 is 23.9 Å². The van der Waals surface area contributed by atoms with E-state index in [9.17, 15) is 14.4 Å². The molecule has 0 bridgehead atoms. The van der Waals surface area contributed by atoms with Crippen LogP contribution >= 0.6 is 11.6 Å². The predicted octanol–water partition coefficient (Wildman–Crippen LogP) is 6.67. The number of methoxy groups -OCH3 is 2. The molecule has 3 aliphatic rings. The van der Waals surface area contributed by atoms with Gasteiger partial charge in [0, 0.05) is 38.9 Å². The quantitative estimate of drug-likeness (QED) is 0.195. The fourth-order valence-electron chi connectivity index (χ4n) is 7.22. The van der Waals surface area contributed by atoms with Crippen molar-refractivity contribution in [3.63, 3.8) is 0 Å². The highest BCUT2D eigenvalue weighted by Gasteiger charge is 2.72. The summed E-state index contributed by atoms with van der Waals surface area (Å²) in [6.07, 6.45) is 3.77. The smallest absolute Gasteiger partial charge is 0.185 e. The van der Waals surface area contributed by atoms with E-state index >= 15 is 0 Å². The van der Waals surface area contributed by atoms with Crippen LogP contribution < -0.4 is 14.4 Å². The topological polar surface area (TPSA) is 72.9 Å². The largest absolute Gasteiger partial charge is 0.493 e. The van der Waals surface area contributed by atoms with Crippen LogP contribution in [0.1, 0.15) is 48.1 Å². The Hall–Kier alpha value is -4.68. The van der Waals surface area contributed by atoms with E-state index in [0.29, 0.717) is 38.8 Å². The van der Waals surface area contributed by atoms with E-state index < -0.39 is 23.4 Å². The Labute approximate surface area is 248 Å². The maximum atomic E-state index is 14.8. The lowest BCUT2D eigenvalue weighted by atomic mass is 9.64. The summed E-state index contributed by atoms with van der Waals surface area (Å²) in [7, 11) is 3.06. The van der Waals surface area contributed by atoms with Crippen molar-refractivity contribution in [2.75, 3.05) is 19.1 Å². The molecular weight excluding hydrogens is 550 g/mol. The maximum Gasteiger partial charge on any atom is 0.185 e. The first-order chi connectivity index (χ1) is 20.4. The molecular formula is C35H26ClNO5. The summed E-state index contributed by atoms with van der Waals surface area (Å²) in [5.74, 6) is -0.915. The molecule has 208 valence electrons. The van der Waals surface area contributed by atoms with Gasteiger partial charge in [-0.15, -0.1) is 0 Å². The Bertz CT molecular complexity index is 1780. The van der Waals surface area contributed by atoms with E-state index in [1.54, 1.807) is 54.6 Å². The molecule has 4 aromatic carbocycles. The highest BCUT2D eigenvalue weighted by Crippen LogP contribution is 2.62. The molecule has 4 aromatic rings. The molecule has 42 heavy (non-hydrogen) atoms. The molecule has 1 aliphatic carbocycles. The zero-order valence-corrected chi connectivity index (χ0v) is 23.7. The Balaban J connectivity index is 1.59. The number of halogens is 1. The predicted molar refractivity (Wildman–Crippen MR) is 161 cm³/mol. The highest BCUT2D eigenvalue weighted by molar-refractivity contribution is 6.33. The van der Waals surface area contributed by atoms with E-state index in [-0.39, 0.29) is 17.3 Å². The fraction of sp³-hybridized carbons (Fsp3) is 0.171. The van der Waals surface area contributed by atoms with Crippen molar-refractivity contribution in [3.8, 4) is 11.5 Å².